The highest BCUT2D eigenvalue weighted by atomic mass is 35.5. The second-order valence-corrected chi connectivity index (χ2v) is 6.52. The molecule has 0 radical (unpaired) electrons. The quantitative estimate of drug-likeness (QED) is 0.885. The van der Waals surface area contributed by atoms with Crippen molar-refractivity contribution in [3.05, 3.63) is 30.3 Å². The van der Waals surface area contributed by atoms with Crippen molar-refractivity contribution in [2.75, 3.05) is 4.90 Å². The Balaban J connectivity index is 0.00000192. The molecule has 6 heteroatoms. The summed E-state index contributed by atoms with van der Waals surface area (Å²) in [6, 6.07) is 9.18. The first-order valence-corrected chi connectivity index (χ1v) is 7.99. The van der Waals surface area contributed by atoms with Gasteiger partial charge in [0, 0.05) is 11.7 Å². The van der Waals surface area contributed by atoms with Crippen LogP contribution in [0.2, 0.25) is 0 Å². The Morgan fingerprint density at radius 3 is 2.48 bits per heavy atom. The van der Waals surface area contributed by atoms with Gasteiger partial charge in [0.1, 0.15) is 6.04 Å². The molecule has 1 saturated carbocycles. The normalized spacial score (nSPS) is 26.0. The van der Waals surface area contributed by atoms with Gasteiger partial charge in [0.25, 0.3) is 0 Å². The summed E-state index contributed by atoms with van der Waals surface area (Å²) in [6.45, 7) is 2.00. The molecule has 2 aliphatic rings. The number of rotatable bonds is 3. The maximum Gasteiger partial charge on any atom is 0.249 e. The van der Waals surface area contributed by atoms with E-state index in [1.165, 1.54) is 0 Å². The fraction of sp³-hybridized carbons (Fsp3) is 0.529. The van der Waals surface area contributed by atoms with Crippen LogP contribution in [-0.4, -0.2) is 29.4 Å². The number of hydrogen-bond donors (Lipinski definition) is 2. The summed E-state index contributed by atoms with van der Waals surface area (Å²) in [7, 11) is 0. The van der Waals surface area contributed by atoms with Crippen molar-refractivity contribution in [2.24, 2.45) is 5.73 Å². The molecule has 2 atom stereocenters. The standard InChI is InChI=1S/C17H23N3O2.ClH/c1-12-11-14(19-16(22)17(18)9-5-6-10-17)15(21)20(12)13-7-3-2-4-8-13;/h2-4,7-8,12,14H,5-6,9-11,18H2,1H3,(H,19,22);1H. The zero-order valence-corrected chi connectivity index (χ0v) is 14.1. The molecule has 126 valence electrons. The van der Waals surface area contributed by atoms with Gasteiger partial charge in [-0.3, -0.25) is 9.59 Å². The molecular formula is C17H24ClN3O2. The number of carbonyl (C=O) groups is 2. The van der Waals surface area contributed by atoms with E-state index in [0.717, 1.165) is 18.5 Å². The Bertz CT molecular complexity index is 572. The predicted molar refractivity (Wildman–Crippen MR) is 92.6 cm³/mol. The molecule has 1 aliphatic heterocycles. The lowest BCUT2D eigenvalue weighted by molar-refractivity contribution is -0.130. The van der Waals surface area contributed by atoms with E-state index in [1.54, 1.807) is 4.90 Å². The van der Waals surface area contributed by atoms with E-state index in [1.807, 2.05) is 37.3 Å². The Morgan fingerprint density at radius 2 is 1.87 bits per heavy atom. The van der Waals surface area contributed by atoms with Crippen molar-refractivity contribution in [1.82, 2.24) is 5.32 Å². The van der Waals surface area contributed by atoms with Gasteiger partial charge in [-0.2, -0.15) is 0 Å². The highest BCUT2D eigenvalue weighted by molar-refractivity contribution is 6.02. The smallest absolute Gasteiger partial charge is 0.249 e. The topological polar surface area (TPSA) is 75.4 Å². The average Bonchev–Trinajstić information content (AvgIpc) is 3.06. The Kier molecular flexibility index (Phi) is 5.32. The largest absolute Gasteiger partial charge is 0.343 e. The summed E-state index contributed by atoms with van der Waals surface area (Å²) in [5.41, 5.74) is 6.26. The van der Waals surface area contributed by atoms with Gasteiger partial charge in [-0.15, -0.1) is 12.4 Å². The lowest BCUT2D eigenvalue weighted by Gasteiger charge is -2.24. The maximum absolute atomic E-state index is 12.6. The minimum absolute atomic E-state index is 0. The van der Waals surface area contributed by atoms with E-state index in [0.29, 0.717) is 19.3 Å². The maximum atomic E-state index is 12.6. The summed E-state index contributed by atoms with van der Waals surface area (Å²) in [5, 5.41) is 2.89. The Labute approximate surface area is 143 Å². The predicted octanol–water partition coefficient (Wildman–Crippen LogP) is 1.99. The number of halogens is 1. The lowest BCUT2D eigenvalue weighted by Crippen LogP contribution is -2.55. The molecule has 2 unspecified atom stereocenters. The van der Waals surface area contributed by atoms with Crippen molar-refractivity contribution >= 4 is 29.9 Å². The number of anilines is 1. The molecule has 3 rings (SSSR count). The lowest BCUT2D eigenvalue weighted by atomic mass is 9.97. The number of carbonyl (C=O) groups excluding carboxylic acids is 2. The highest BCUT2D eigenvalue weighted by Gasteiger charge is 2.43. The van der Waals surface area contributed by atoms with E-state index in [9.17, 15) is 9.59 Å². The van der Waals surface area contributed by atoms with Gasteiger partial charge in [-0.25, -0.2) is 0 Å². The van der Waals surface area contributed by atoms with E-state index < -0.39 is 11.6 Å². The molecule has 1 aromatic carbocycles. The summed E-state index contributed by atoms with van der Waals surface area (Å²) >= 11 is 0. The number of amides is 2. The van der Waals surface area contributed by atoms with Crippen LogP contribution in [-0.2, 0) is 9.59 Å². The number of nitrogens with zero attached hydrogens (tertiary/aromatic N) is 1. The number of hydrogen-bond acceptors (Lipinski definition) is 3. The average molecular weight is 338 g/mol. The van der Waals surface area contributed by atoms with E-state index in [4.69, 9.17) is 5.73 Å². The van der Waals surface area contributed by atoms with E-state index in [2.05, 4.69) is 5.32 Å². The molecule has 1 aromatic rings. The van der Waals surface area contributed by atoms with Crippen molar-refractivity contribution in [3.8, 4) is 0 Å². The molecule has 2 fully saturated rings. The van der Waals surface area contributed by atoms with Crippen molar-refractivity contribution in [2.45, 2.75) is 56.7 Å². The zero-order valence-electron chi connectivity index (χ0n) is 13.3. The van der Waals surface area contributed by atoms with Crippen molar-refractivity contribution in [3.63, 3.8) is 0 Å². The second-order valence-electron chi connectivity index (χ2n) is 6.52. The summed E-state index contributed by atoms with van der Waals surface area (Å²) in [6.07, 6.45) is 4.00. The van der Waals surface area contributed by atoms with Gasteiger partial charge in [-0.1, -0.05) is 31.0 Å². The van der Waals surface area contributed by atoms with Crippen LogP contribution in [0.5, 0.6) is 0 Å². The first kappa shape index (κ1) is 17.8. The van der Waals surface area contributed by atoms with Gasteiger partial charge in [0.05, 0.1) is 5.54 Å². The molecule has 3 N–H and O–H groups in total. The van der Waals surface area contributed by atoms with Crippen LogP contribution in [0, 0.1) is 0 Å². The molecule has 1 aliphatic carbocycles. The van der Waals surface area contributed by atoms with E-state index >= 15 is 0 Å². The van der Waals surface area contributed by atoms with Crippen LogP contribution in [0.1, 0.15) is 39.0 Å². The molecule has 5 nitrogen and oxygen atoms in total. The molecular weight excluding hydrogens is 314 g/mol. The van der Waals surface area contributed by atoms with Crippen LogP contribution in [0.4, 0.5) is 5.69 Å². The van der Waals surface area contributed by atoms with Gasteiger partial charge in [0.15, 0.2) is 0 Å². The number of nitrogens with two attached hydrogens (primary N) is 1. The van der Waals surface area contributed by atoms with Gasteiger partial charge < -0.3 is 16.0 Å². The second kappa shape index (κ2) is 6.89. The number of benzene rings is 1. The molecule has 0 aromatic heterocycles. The van der Waals surface area contributed by atoms with Gasteiger partial charge >= 0.3 is 0 Å². The summed E-state index contributed by atoms with van der Waals surface area (Å²) in [5.74, 6) is -0.223. The zero-order chi connectivity index (χ0) is 15.7. The third-order valence-electron chi connectivity index (χ3n) is 4.84. The van der Waals surface area contributed by atoms with Crippen LogP contribution in [0.25, 0.3) is 0 Å². The monoisotopic (exact) mass is 337 g/mol. The number of para-hydroxylation sites is 1. The van der Waals surface area contributed by atoms with Crippen LogP contribution < -0.4 is 16.0 Å². The third kappa shape index (κ3) is 3.35. The van der Waals surface area contributed by atoms with E-state index in [-0.39, 0.29) is 30.3 Å². The fourth-order valence-electron chi connectivity index (χ4n) is 3.56. The molecule has 1 saturated heterocycles. The molecule has 0 spiro atoms. The van der Waals surface area contributed by atoms with Crippen LogP contribution in [0.15, 0.2) is 30.3 Å². The van der Waals surface area contributed by atoms with Crippen molar-refractivity contribution < 1.29 is 9.59 Å². The summed E-state index contributed by atoms with van der Waals surface area (Å²) in [4.78, 5) is 26.8. The van der Waals surface area contributed by atoms with Gasteiger partial charge in [0.2, 0.25) is 11.8 Å². The summed E-state index contributed by atoms with van der Waals surface area (Å²) < 4.78 is 0. The molecule has 2 amide bonds. The minimum atomic E-state index is -0.788. The SMILES string of the molecule is CC1CC(NC(=O)C2(N)CCCC2)C(=O)N1c1ccccc1.Cl. The van der Waals surface area contributed by atoms with Crippen LogP contribution in [0.3, 0.4) is 0 Å². The first-order valence-electron chi connectivity index (χ1n) is 7.99. The van der Waals surface area contributed by atoms with Gasteiger partial charge in [-0.05, 0) is 38.3 Å². The fourth-order valence-corrected chi connectivity index (χ4v) is 3.56. The highest BCUT2D eigenvalue weighted by Crippen LogP contribution is 2.30. The Morgan fingerprint density at radius 1 is 1.26 bits per heavy atom. The number of nitrogens with one attached hydrogen (secondary N) is 1. The third-order valence-corrected chi connectivity index (χ3v) is 4.84. The Hall–Kier alpha value is -1.59. The van der Waals surface area contributed by atoms with Crippen molar-refractivity contribution in [1.29, 1.82) is 0 Å². The molecule has 0 bridgehead atoms. The molecule has 23 heavy (non-hydrogen) atoms. The minimum Gasteiger partial charge on any atom is -0.343 e. The van der Waals surface area contributed by atoms with Crippen LogP contribution >= 0.6 is 12.4 Å². The molecule has 1 heterocycles. The first-order chi connectivity index (χ1) is 10.5.